The van der Waals surface area contributed by atoms with Gasteiger partial charge in [0.25, 0.3) is 0 Å². The topological polar surface area (TPSA) is 61.6 Å². The van der Waals surface area contributed by atoms with Gasteiger partial charge in [-0.3, -0.25) is 4.79 Å². The monoisotopic (exact) mass is 211 g/mol. The molecule has 2 rings (SSSR count). The van der Waals surface area contributed by atoms with Crippen LogP contribution in [0, 0.1) is 0 Å². The Kier molecular flexibility index (Phi) is 3.07. The number of carbonyl (C=O) groups is 1. The van der Waals surface area contributed by atoms with Gasteiger partial charge in [0.1, 0.15) is 0 Å². The highest BCUT2D eigenvalue weighted by molar-refractivity contribution is 6.01. The van der Waals surface area contributed by atoms with E-state index in [4.69, 9.17) is 15.2 Å². The number of ketones is 1. The standard InChI is InChI=1S/C11H17NO3/c12-11(4-7-14-8-5-11)10(13)9-3-1-2-6-15-9/h3H,1-2,4-8,12H2. The number of hydrogen-bond donors (Lipinski definition) is 1. The number of rotatable bonds is 2. The van der Waals surface area contributed by atoms with Crippen molar-refractivity contribution in [3.8, 4) is 0 Å². The Morgan fingerprint density at radius 1 is 1.33 bits per heavy atom. The average Bonchev–Trinajstić information content (AvgIpc) is 2.30. The summed E-state index contributed by atoms with van der Waals surface area (Å²) >= 11 is 0. The van der Waals surface area contributed by atoms with Crippen molar-refractivity contribution >= 4 is 5.78 Å². The molecule has 0 aliphatic carbocycles. The van der Waals surface area contributed by atoms with Gasteiger partial charge >= 0.3 is 0 Å². The van der Waals surface area contributed by atoms with Gasteiger partial charge in [0.2, 0.25) is 5.78 Å². The normalized spacial score (nSPS) is 25.3. The summed E-state index contributed by atoms with van der Waals surface area (Å²) < 4.78 is 10.6. The van der Waals surface area contributed by atoms with Crippen LogP contribution in [0.3, 0.4) is 0 Å². The maximum Gasteiger partial charge on any atom is 0.216 e. The second-order valence-electron chi connectivity index (χ2n) is 4.16. The van der Waals surface area contributed by atoms with Gasteiger partial charge in [-0.2, -0.15) is 0 Å². The summed E-state index contributed by atoms with van der Waals surface area (Å²) in [5.41, 5.74) is 5.32. The predicted molar refractivity (Wildman–Crippen MR) is 55.2 cm³/mol. The van der Waals surface area contributed by atoms with Crippen molar-refractivity contribution in [1.82, 2.24) is 0 Å². The zero-order valence-electron chi connectivity index (χ0n) is 8.83. The Labute approximate surface area is 89.4 Å². The lowest BCUT2D eigenvalue weighted by atomic mass is 9.85. The van der Waals surface area contributed by atoms with Crippen LogP contribution in [-0.4, -0.2) is 31.1 Å². The summed E-state index contributed by atoms with van der Waals surface area (Å²) in [5, 5.41) is 0. The molecule has 0 aromatic heterocycles. The summed E-state index contributed by atoms with van der Waals surface area (Å²) in [6, 6.07) is 0. The van der Waals surface area contributed by atoms with Crippen LogP contribution < -0.4 is 5.73 Å². The van der Waals surface area contributed by atoms with Crippen molar-refractivity contribution in [3.63, 3.8) is 0 Å². The molecule has 4 nitrogen and oxygen atoms in total. The van der Waals surface area contributed by atoms with E-state index in [1.165, 1.54) is 0 Å². The summed E-state index contributed by atoms with van der Waals surface area (Å²) in [5.74, 6) is 0.413. The summed E-state index contributed by atoms with van der Waals surface area (Å²) in [7, 11) is 0. The lowest BCUT2D eigenvalue weighted by molar-refractivity contribution is -0.127. The lowest BCUT2D eigenvalue weighted by Gasteiger charge is -2.32. The molecule has 0 atom stereocenters. The van der Waals surface area contributed by atoms with E-state index in [9.17, 15) is 4.79 Å². The summed E-state index contributed by atoms with van der Waals surface area (Å²) in [6.07, 6.45) is 4.93. The first-order valence-corrected chi connectivity index (χ1v) is 5.47. The minimum Gasteiger partial charge on any atom is -0.490 e. The molecule has 84 valence electrons. The molecule has 0 aromatic rings. The third-order valence-electron chi connectivity index (χ3n) is 3.00. The fourth-order valence-electron chi connectivity index (χ4n) is 1.92. The second-order valence-corrected chi connectivity index (χ2v) is 4.16. The van der Waals surface area contributed by atoms with Crippen LogP contribution in [0.1, 0.15) is 25.7 Å². The molecule has 2 aliphatic rings. The molecule has 1 saturated heterocycles. The van der Waals surface area contributed by atoms with Gasteiger partial charge in [-0.05, 0) is 31.8 Å². The maximum absolute atomic E-state index is 12.1. The number of ether oxygens (including phenoxy) is 2. The van der Waals surface area contributed by atoms with Gasteiger partial charge in [0.15, 0.2) is 5.76 Å². The van der Waals surface area contributed by atoms with Crippen LogP contribution in [0.2, 0.25) is 0 Å². The van der Waals surface area contributed by atoms with Crippen LogP contribution >= 0.6 is 0 Å². The van der Waals surface area contributed by atoms with Gasteiger partial charge in [-0.15, -0.1) is 0 Å². The molecule has 0 aromatic carbocycles. The predicted octanol–water partition coefficient (Wildman–Crippen LogP) is 0.758. The second kappa shape index (κ2) is 4.33. The third-order valence-corrected chi connectivity index (χ3v) is 3.00. The Balaban J connectivity index is 2.08. The lowest BCUT2D eigenvalue weighted by Crippen LogP contribution is -2.52. The number of hydrogen-bond acceptors (Lipinski definition) is 4. The smallest absolute Gasteiger partial charge is 0.216 e. The van der Waals surface area contributed by atoms with E-state index in [1.54, 1.807) is 0 Å². The van der Waals surface area contributed by atoms with E-state index >= 15 is 0 Å². The Bertz CT molecular complexity index is 280. The van der Waals surface area contributed by atoms with Crippen molar-refractivity contribution in [1.29, 1.82) is 0 Å². The zero-order valence-corrected chi connectivity index (χ0v) is 8.83. The molecule has 0 spiro atoms. The van der Waals surface area contributed by atoms with E-state index < -0.39 is 5.54 Å². The number of allylic oxidation sites excluding steroid dienone is 1. The summed E-state index contributed by atoms with van der Waals surface area (Å²) in [4.78, 5) is 12.1. The SMILES string of the molecule is NC1(C(=O)C2=CCCCO2)CCOCC1. The first-order chi connectivity index (χ1) is 7.22. The highest BCUT2D eigenvalue weighted by Crippen LogP contribution is 2.24. The Morgan fingerprint density at radius 2 is 2.07 bits per heavy atom. The molecule has 2 aliphatic heterocycles. The minimum atomic E-state index is -0.762. The van der Waals surface area contributed by atoms with Crippen molar-refractivity contribution < 1.29 is 14.3 Å². The van der Waals surface area contributed by atoms with Gasteiger partial charge in [0, 0.05) is 13.2 Å². The number of Topliss-reactive ketones (excluding diaryl/α,β-unsaturated/α-hetero) is 1. The molecule has 0 saturated carbocycles. The zero-order chi connectivity index (χ0) is 10.7. The van der Waals surface area contributed by atoms with Gasteiger partial charge in [0.05, 0.1) is 12.1 Å². The van der Waals surface area contributed by atoms with Crippen molar-refractivity contribution in [2.24, 2.45) is 5.73 Å². The molecule has 2 heterocycles. The average molecular weight is 211 g/mol. The van der Waals surface area contributed by atoms with Gasteiger partial charge in [-0.25, -0.2) is 0 Å². The minimum absolute atomic E-state index is 0.0505. The molecule has 0 amide bonds. The molecular formula is C11H17NO3. The van der Waals surface area contributed by atoms with Gasteiger partial charge < -0.3 is 15.2 Å². The molecule has 0 unspecified atom stereocenters. The van der Waals surface area contributed by atoms with Crippen LogP contribution in [0.15, 0.2) is 11.8 Å². The van der Waals surface area contributed by atoms with E-state index in [1.807, 2.05) is 6.08 Å². The molecule has 2 N–H and O–H groups in total. The Morgan fingerprint density at radius 3 is 2.67 bits per heavy atom. The van der Waals surface area contributed by atoms with E-state index in [0.29, 0.717) is 38.4 Å². The fraction of sp³-hybridized carbons (Fsp3) is 0.727. The highest BCUT2D eigenvalue weighted by atomic mass is 16.5. The first kappa shape index (κ1) is 10.6. The number of nitrogens with two attached hydrogens (primary N) is 1. The fourth-order valence-corrected chi connectivity index (χ4v) is 1.92. The van der Waals surface area contributed by atoms with E-state index in [0.717, 1.165) is 12.8 Å². The van der Waals surface area contributed by atoms with Crippen molar-refractivity contribution in [3.05, 3.63) is 11.8 Å². The molecule has 1 fully saturated rings. The van der Waals surface area contributed by atoms with Crippen LogP contribution in [-0.2, 0) is 14.3 Å². The van der Waals surface area contributed by atoms with Crippen LogP contribution in [0.5, 0.6) is 0 Å². The first-order valence-electron chi connectivity index (χ1n) is 5.47. The maximum atomic E-state index is 12.1. The van der Waals surface area contributed by atoms with Gasteiger partial charge in [-0.1, -0.05) is 0 Å². The van der Waals surface area contributed by atoms with Crippen LogP contribution in [0.25, 0.3) is 0 Å². The molecule has 0 bridgehead atoms. The van der Waals surface area contributed by atoms with E-state index in [-0.39, 0.29) is 5.78 Å². The molecule has 0 radical (unpaired) electrons. The largest absolute Gasteiger partial charge is 0.490 e. The molecular weight excluding hydrogens is 194 g/mol. The van der Waals surface area contributed by atoms with Crippen LogP contribution in [0.4, 0.5) is 0 Å². The number of carbonyl (C=O) groups excluding carboxylic acids is 1. The third kappa shape index (κ3) is 2.21. The van der Waals surface area contributed by atoms with Crippen molar-refractivity contribution in [2.45, 2.75) is 31.2 Å². The Hall–Kier alpha value is -0.870. The molecule has 4 heteroatoms. The summed E-state index contributed by atoms with van der Waals surface area (Å²) in [6.45, 7) is 1.76. The van der Waals surface area contributed by atoms with E-state index in [2.05, 4.69) is 0 Å². The quantitative estimate of drug-likeness (QED) is 0.732. The van der Waals surface area contributed by atoms with Crippen molar-refractivity contribution in [2.75, 3.05) is 19.8 Å². The highest BCUT2D eigenvalue weighted by Gasteiger charge is 2.38. The molecule has 15 heavy (non-hydrogen) atoms.